The summed E-state index contributed by atoms with van der Waals surface area (Å²) in [7, 11) is 0. The van der Waals surface area contributed by atoms with Gasteiger partial charge in [-0.2, -0.15) is 4.98 Å². The highest BCUT2D eigenvalue weighted by atomic mass is 15.2. The maximum atomic E-state index is 6.11. The summed E-state index contributed by atoms with van der Waals surface area (Å²) >= 11 is 0. The van der Waals surface area contributed by atoms with Crippen LogP contribution in [0.3, 0.4) is 0 Å². The van der Waals surface area contributed by atoms with Crippen molar-refractivity contribution in [1.29, 1.82) is 0 Å². The minimum absolute atomic E-state index is 0.0930. The molecule has 1 aromatic heterocycles. The van der Waals surface area contributed by atoms with Gasteiger partial charge < -0.3 is 16.0 Å². The van der Waals surface area contributed by atoms with Crippen LogP contribution in [0.15, 0.2) is 67.5 Å². The highest BCUT2D eigenvalue weighted by Gasteiger charge is 2.14. The Labute approximate surface area is 160 Å². The molecule has 0 aliphatic heterocycles. The van der Waals surface area contributed by atoms with E-state index >= 15 is 0 Å². The number of hydrogen-bond acceptors (Lipinski definition) is 5. The van der Waals surface area contributed by atoms with Crippen LogP contribution in [0.1, 0.15) is 29.7 Å². The van der Waals surface area contributed by atoms with Crippen LogP contribution >= 0.6 is 0 Å². The maximum Gasteiger partial charge on any atom is 0.225 e. The van der Waals surface area contributed by atoms with Gasteiger partial charge in [0.05, 0.1) is 11.7 Å². The first-order valence-corrected chi connectivity index (χ1v) is 8.92. The monoisotopic (exact) mass is 359 g/mol. The van der Waals surface area contributed by atoms with E-state index in [0.717, 1.165) is 28.3 Å². The summed E-state index contributed by atoms with van der Waals surface area (Å²) in [6.07, 6.45) is 3.48. The zero-order chi connectivity index (χ0) is 19.4. The van der Waals surface area contributed by atoms with Crippen molar-refractivity contribution in [1.82, 2.24) is 9.97 Å². The molecule has 0 aliphatic carbocycles. The molecule has 1 atom stereocenters. The van der Waals surface area contributed by atoms with E-state index in [-0.39, 0.29) is 6.04 Å². The lowest BCUT2D eigenvalue weighted by Gasteiger charge is -2.23. The zero-order valence-corrected chi connectivity index (χ0v) is 16.0. The van der Waals surface area contributed by atoms with Crippen molar-refractivity contribution in [2.24, 2.45) is 0 Å². The fourth-order valence-corrected chi connectivity index (χ4v) is 3.00. The molecule has 0 fully saturated rings. The van der Waals surface area contributed by atoms with E-state index in [4.69, 9.17) is 5.73 Å². The van der Waals surface area contributed by atoms with Crippen molar-refractivity contribution in [2.75, 3.05) is 16.0 Å². The van der Waals surface area contributed by atoms with Gasteiger partial charge in [0.25, 0.3) is 0 Å². The second kappa shape index (κ2) is 7.91. The average Bonchev–Trinajstić information content (AvgIpc) is 2.67. The van der Waals surface area contributed by atoms with E-state index in [1.165, 1.54) is 5.56 Å². The van der Waals surface area contributed by atoms with Crippen molar-refractivity contribution >= 4 is 23.1 Å². The van der Waals surface area contributed by atoms with Crippen LogP contribution < -0.4 is 16.0 Å². The van der Waals surface area contributed by atoms with Crippen LogP contribution in [0.2, 0.25) is 0 Å². The van der Waals surface area contributed by atoms with Gasteiger partial charge in [-0.15, -0.1) is 0 Å². The first kappa shape index (κ1) is 18.5. The summed E-state index contributed by atoms with van der Waals surface area (Å²) in [5.41, 5.74) is 11.1. The number of aromatic nitrogens is 2. The van der Waals surface area contributed by atoms with Crippen LogP contribution in [0.5, 0.6) is 0 Å². The summed E-state index contributed by atoms with van der Waals surface area (Å²) in [5, 5.41) is 3.36. The first-order chi connectivity index (χ1) is 13.0. The highest BCUT2D eigenvalue weighted by Crippen LogP contribution is 2.31. The molecule has 138 valence electrons. The highest BCUT2D eigenvalue weighted by molar-refractivity contribution is 5.71. The Balaban J connectivity index is 1.89. The summed E-state index contributed by atoms with van der Waals surface area (Å²) in [5.74, 6) is 1.29. The molecular weight excluding hydrogens is 334 g/mol. The van der Waals surface area contributed by atoms with E-state index in [0.29, 0.717) is 5.95 Å². The minimum atomic E-state index is 0.0930. The van der Waals surface area contributed by atoms with E-state index in [2.05, 4.69) is 53.9 Å². The summed E-state index contributed by atoms with van der Waals surface area (Å²) in [4.78, 5) is 11.0. The number of benzene rings is 2. The zero-order valence-electron chi connectivity index (χ0n) is 16.0. The fourth-order valence-electron chi connectivity index (χ4n) is 3.00. The number of rotatable bonds is 6. The SMILES string of the molecule is C=CN(c1ccnc(N[C@@H](C)c2ccccc2)n1)c1cc(N)c(C)cc1C. The van der Waals surface area contributed by atoms with Crippen molar-refractivity contribution in [2.45, 2.75) is 26.8 Å². The molecule has 0 saturated heterocycles. The van der Waals surface area contributed by atoms with Gasteiger partial charge in [-0.05, 0) is 49.6 Å². The van der Waals surface area contributed by atoms with E-state index in [9.17, 15) is 0 Å². The van der Waals surface area contributed by atoms with E-state index in [1.54, 1.807) is 12.4 Å². The molecule has 0 bridgehead atoms. The number of nitrogen functional groups attached to an aromatic ring is 1. The molecule has 5 heteroatoms. The smallest absolute Gasteiger partial charge is 0.225 e. The van der Waals surface area contributed by atoms with Crippen LogP contribution in [0.4, 0.5) is 23.1 Å². The van der Waals surface area contributed by atoms with Crippen molar-refractivity contribution in [3.05, 3.63) is 84.2 Å². The minimum Gasteiger partial charge on any atom is -0.398 e. The van der Waals surface area contributed by atoms with Gasteiger partial charge in [-0.25, -0.2) is 4.98 Å². The molecular formula is C22H25N5. The number of nitrogens with one attached hydrogen (secondary N) is 1. The Morgan fingerprint density at radius 1 is 1.11 bits per heavy atom. The Kier molecular flexibility index (Phi) is 5.41. The van der Waals surface area contributed by atoms with Crippen LogP contribution in [0.25, 0.3) is 0 Å². The maximum absolute atomic E-state index is 6.11. The normalized spacial score (nSPS) is 11.7. The van der Waals surface area contributed by atoms with Crippen LogP contribution in [-0.2, 0) is 0 Å². The predicted molar refractivity (Wildman–Crippen MR) is 113 cm³/mol. The van der Waals surface area contributed by atoms with Crippen LogP contribution in [0, 0.1) is 13.8 Å². The fraction of sp³-hybridized carbons (Fsp3) is 0.182. The second-order valence-electron chi connectivity index (χ2n) is 6.56. The molecule has 3 rings (SSSR count). The Morgan fingerprint density at radius 3 is 2.56 bits per heavy atom. The van der Waals surface area contributed by atoms with Crippen molar-refractivity contribution in [3.63, 3.8) is 0 Å². The van der Waals surface area contributed by atoms with Gasteiger partial charge in [0.1, 0.15) is 5.82 Å². The van der Waals surface area contributed by atoms with E-state index < -0.39 is 0 Å². The molecule has 0 radical (unpaired) electrons. The summed E-state index contributed by atoms with van der Waals surface area (Å²) < 4.78 is 0. The molecule has 0 amide bonds. The van der Waals surface area contributed by atoms with Gasteiger partial charge in [0.2, 0.25) is 5.95 Å². The molecule has 5 nitrogen and oxygen atoms in total. The topological polar surface area (TPSA) is 67.1 Å². The third kappa shape index (κ3) is 4.08. The van der Waals surface area contributed by atoms with Crippen molar-refractivity contribution < 1.29 is 0 Å². The Hall–Kier alpha value is -3.34. The molecule has 3 N–H and O–H groups in total. The molecule has 2 aromatic carbocycles. The third-order valence-corrected chi connectivity index (χ3v) is 4.56. The van der Waals surface area contributed by atoms with Crippen molar-refractivity contribution in [3.8, 4) is 0 Å². The van der Waals surface area contributed by atoms with Gasteiger partial charge in [-0.3, -0.25) is 0 Å². The van der Waals surface area contributed by atoms with Gasteiger partial charge in [-0.1, -0.05) is 43.0 Å². The van der Waals surface area contributed by atoms with Gasteiger partial charge >= 0.3 is 0 Å². The van der Waals surface area contributed by atoms with Crippen LogP contribution in [-0.4, -0.2) is 9.97 Å². The second-order valence-corrected chi connectivity index (χ2v) is 6.56. The third-order valence-electron chi connectivity index (χ3n) is 4.56. The lowest BCUT2D eigenvalue weighted by molar-refractivity contribution is 0.859. The van der Waals surface area contributed by atoms with Gasteiger partial charge in [0, 0.05) is 18.1 Å². The molecule has 27 heavy (non-hydrogen) atoms. The largest absolute Gasteiger partial charge is 0.398 e. The molecule has 3 aromatic rings. The Bertz CT molecular complexity index is 937. The number of nitrogens with zero attached hydrogens (tertiary/aromatic N) is 3. The number of anilines is 4. The predicted octanol–water partition coefficient (Wildman–Crippen LogP) is 5.13. The van der Waals surface area contributed by atoms with Gasteiger partial charge in [0.15, 0.2) is 0 Å². The quantitative estimate of drug-likeness (QED) is 0.597. The molecule has 0 spiro atoms. The summed E-state index contributed by atoms with van der Waals surface area (Å²) in [6, 6.07) is 16.2. The standard InChI is InChI=1S/C22H25N5/c1-5-27(20-14-19(23)15(2)13-16(20)3)21-11-12-24-22(26-21)25-17(4)18-9-7-6-8-10-18/h5-14,17H,1,23H2,2-4H3,(H,24,25,26)/t17-/m0/s1. The molecule has 0 unspecified atom stereocenters. The lowest BCUT2D eigenvalue weighted by atomic mass is 10.1. The average molecular weight is 359 g/mol. The molecule has 0 saturated carbocycles. The number of aryl methyl sites for hydroxylation is 2. The number of hydrogen-bond donors (Lipinski definition) is 2. The Morgan fingerprint density at radius 2 is 1.85 bits per heavy atom. The first-order valence-electron chi connectivity index (χ1n) is 8.92. The molecule has 1 heterocycles. The lowest BCUT2D eigenvalue weighted by Crippen LogP contribution is -2.14. The van der Waals surface area contributed by atoms with E-state index in [1.807, 2.05) is 42.2 Å². The summed E-state index contributed by atoms with van der Waals surface area (Å²) in [6.45, 7) is 10.1. The molecule has 0 aliphatic rings. The number of nitrogens with two attached hydrogens (primary N) is 1.